The normalized spacial score (nSPS) is 10.1. The van der Waals surface area contributed by atoms with Crippen molar-refractivity contribution >= 4 is 23.5 Å². The molecule has 0 bridgehead atoms. The van der Waals surface area contributed by atoms with Crippen LogP contribution in [0.25, 0.3) is 0 Å². The van der Waals surface area contributed by atoms with Crippen LogP contribution in [0.2, 0.25) is 0 Å². The van der Waals surface area contributed by atoms with Gasteiger partial charge in [0.15, 0.2) is 6.61 Å². The zero-order valence-electron chi connectivity index (χ0n) is 13.7. The van der Waals surface area contributed by atoms with Crippen molar-refractivity contribution in [3.8, 4) is 0 Å². The van der Waals surface area contributed by atoms with Crippen LogP contribution in [-0.2, 0) is 20.9 Å². The molecule has 7 nitrogen and oxygen atoms in total. The molecular formula is C18H18N2O5. The van der Waals surface area contributed by atoms with Crippen LogP contribution in [0.1, 0.15) is 26.3 Å². The third-order valence-corrected chi connectivity index (χ3v) is 3.26. The minimum absolute atomic E-state index is 0.334. The van der Waals surface area contributed by atoms with Gasteiger partial charge in [0.05, 0.1) is 12.2 Å². The number of methoxy groups -OCH3 is 1. The second-order valence-corrected chi connectivity index (χ2v) is 5.20. The Balaban J connectivity index is 1.87. The average molecular weight is 342 g/mol. The first-order valence-electron chi connectivity index (χ1n) is 7.44. The van der Waals surface area contributed by atoms with E-state index in [4.69, 9.17) is 15.2 Å². The van der Waals surface area contributed by atoms with Gasteiger partial charge in [0, 0.05) is 18.4 Å². The summed E-state index contributed by atoms with van der Waals surface area (Å²) in [4.78, 5) is 34.8. The van der Waals surface area contributed by atoms with Gasteiger partial charge < -0.3 is 20.5 Å². The van der Waals surface area contributed by atoms with Gasteiger partial charge >= 0.3 is 5.97 Å². The molecule has 2 rings (SSSR count). The van der Waals surface area contributed by atoms with Crippen molar-refractivity contribution in [3.63, 3.8) is 0 Å². The van der Waals surface area contributed by atoms with Crippen molar-refractivity contribution in [1.29, 1.82) is 0 Å². The maximum absolute atomic E-state index is 12.0. The largest absolute Gasteiger partial charge is 0.452 e. The molecule has 2 amide bonds. The number of rotatable bonds is 7. The summed E-state index contributed by atoms with van der Waals surface area (Å²) in [6.45, 7) is -0.0478. The molecule has 3 N–H and O–H groups in total. The van der Waals surface area contributed by atoms with Crippen molar-refractivity contribution in [2.24, 2.45) is 5.73 Å². The molecule has 0 aliphatic rings. The number of carbonyl (C=O) groups excluding carboxylic acids is 3. The minimum atomic E-state index is -0.600. The zero-order chi connectivity index (χ0) is 18.2. The van der Waals surface area contributed by atoms with Crippen molar-refractivity contribution < 1.29 is 23.9 Å². The molecule has 25 heavy (non-hydrogen) atoms. The topological polar surface area (TPSA) is 108 Å². The van der Waals surface area contributed by atoms with Crippen molar-refractivity contribution in [1.82, 2.24) is 0 Å². The van der Waals surface area contributed by atoms with Gasteiger partial charge in [-0.25, -0.2) is 4.79 Å². The number of primary amides is 1. The Bertz CT molecular complexity index is 771. The molecule has 2 aromatic rings. The lowest BCUT2D eigenvalue weighted by Crippen LogP contribution is -2.21. The summed E-state index contributed by atoms with van der Waals surface area (Å²) in [7, 11) is 1.56. The van der Waals surface area contributed by atoms with Gasteiger partial charge in [-0.05, 0) is 42.0 Å². The number of nitrogens with two attached hydrogens (primary N) is 1. The van der Waals surface area contributed by atoms with E-state index in [9.17, 15) is 14.4 Å². The fourth-order valence-corrected chi connectivity index (χ4v) is 2.08. The number of nitrogens with one attached hydrogen (secondary N) is 1. The molecule has 0 heterocycles. The first-order chi connectivity index (χ1) is 12.0. The van der Waals surface area contributed by atoms with Crippen molar-refractivity contribution in [2.75, 3.05) is 19.0 Å². The number of anilines is 1. The predicted molar refractivity (Wildman–Crippen MR) is 91.0 cm³/mol. The highest BCUT2D eigenvalue weighted by Gasteiger charge is 2.11. The molecule has 0 radical (unpaired) electrons. The van der Waals surface area contributed by atoms with E-state index >= 15 is 0 Å². The highest BCUT2D eigenvalue weighted by Crippen LogP contribution is 2.10. The number of ether oxygens (including phenoxy) is 2. The van der Waals surface area contributed by atoms with Crippen LogP contribution in [0.4, 0.5) is 5.69 Å². The molecule has 2 aromatic carbocycles. The van der Waals surface area contributed by atoms with Crippen LogP contribution in [-0.4, -0.2) is 31.5 Å². The number of amides is 2. The van der Waals surface area contributed by atoms with Gasteiger partial charge in [-0.1, -0.05) is 12.1 Å². The monoisotopic (exact) mass is 342 g/mol. The molecule has 0 fully saturated rings. The first-order valence-corrected chi connectivity index (χ1v) is 7.44. The molecular weight excluding hydrogens is 324 g/mol. The highest BCUT2D eigenvalue weighted by atomic mass is 16.5. The summed E-state index contributed by atoms with van der Waals surface area (Å²) in [5, 5.41) is 2.56. The summed E-state index contributed by atoms with van der Waals surface area (Å²) >= 11 is 0. The lowest BCUT2D eigenvalue weighted by Gasteiger charge is -2.08. The van der Waals surface area contributed by atoms with Crippen LogP contribution >= 0.6 is 0 Å². The molecule has 0 atom stereocenters. The number of esters is 1. The van der Waals surface area contributed by atoms with Crippen LogP contribution < -0.4 is 11.1 Å². The van der Waals surface area contributed by atoms with Gasteiger partial charge in [-0.2, -0.15) is 0 Å². The molecule has 130 valence electrons. The molecule has 0 aliphatic carbocycles. The molecule has 0 saturated heterocycles. The van der Waals surface area contributed by atoms with Crippen molar-refractivity contribution in [2.45, 2.75) is 6.61 Å². The van der Waals surface area contributed by atoms with E-state index < -0.39 is 24.4 Å². The SMILES string of the molecule is COCc1cccc(C(=O)OCC(=O)Nc2ccc(C(N)=O)cc2)c1. The van der Waals surface area contributed by atoms with E-state index in [1.807, 2.05) is 6.07 Å². The van der Waals surface area contributed by atoms with E-state index in [2.05, 4.69) is 5.32 Å². The third-order valence-electron chi connectivity index (χ3n) is 3.26. The van der Waals surface area contributed by atoms with E-state index in [0.29, 0.717) is 23.4 Å². The molecule has 0 unspecified atom stereocenters. The fraction of sp³-hybridized carbons (Fsp3) is 0.167. The van der Waals surface area contributed by atoms with Gasteiger partial charge in [0.1, 0.15) is 0 Å². The quantitative estimate of drug-likeness (QED) is 0.745. The fourth-order valence-electron chi connectivity index (χ4n) is 2.08. The lowest BCUT2D eigenvalue weighted by molar-refractivity contribution is -0.119. The average Bonchev–Trinajstić information content (AvgIpc) is 2.60. The maximum Gasteiger partial charge on any atom is 0.338 e. The Hall–Kier alpha value is -3.19. The van der Waals surface area contributed by atoms with Crippen LogP contribution in [0, 0.1) is 0 Å². The second kappa shape index (κ2) is 8.60. The van der Waals surface area contributed by atoms with Gasteiger partial charge in [0.25, 0.3) is 5.91 Å². The van der Waals surface area contributed by atoms with Gasteiger partial charge in [-0.15, -0.1) is 0 Å². The van der Waals surface area contributed by atoms with E-state index in [1.165, 1.54) is 24.3 Å². The van der Waals surface area contributed by atoms with E-state index in [0.717, 1.165) is 5.56 Å². The summed E-state index contributed by atoms with van der Waals surface area (Å²) in [5.41, 5.74) is 7.11. The number of carbonyl (C=O) groups is 3. The molecule has 7 heteroatoms. The predicted octanol–water partition coefficient (Wildman–Crippen LogP) is 1.73. The Morgan fingerprint density at radius 3 is 2.40 bits per heavy atom. The van der Waals surface area contributed by atoms with Gasteiger partial charge in [-0.3, -0.25) is 9.59 Å². The zero-order valence-corrected chi connectivity index (χ0v) is 13.7. The van der Waals surface area contributed by atoms with Crippen LogP contribution in [0.3, 0.4) is 0 Å². The Morgan fingerprint density at radius 2 is 1.76 bits per heavy atom. The lowest BCUT2D eigenvalue weighted by atomic mass is 10.1. The highest BCUT2D eigenvalue weighted by molar-refractivity contribution is 5.96. The third kappa shape index (κ3) is 5.43. The van der Waals surface area contributed by atoms with E-state index in [1.54, 1.807) is 25.3 Å². The van der Waals surface area contributed by atoms with Crippen LogP contribution in [0.5, 0.6) is 0 Å². The maximum atomic E-state index is 12.0. The molecule has 0 aromatic heterocycles. The number of hydrogen-bond donors (Lipinski definition) is 2. The van der Waals surface area contributed by atoms with Gasteiger partial charge in [0.2, 0.25) is 5.91 Å². The molecule has 0 aliphatic heterocycles. The standard InChI is InChI=1S/C18H18N2O5/c1-24-10-12-3-2-4-14(9-12)18(23)25-11-16(21)20-15-7-5-13(6-8-15)17(19)22/h2-9H,10-11H2,1H3,(H2,19,22)(H,20,21). The van der Waals surface area contributed by atoms with Crippen LogP contribution in [0.15, 0.2) is 48.5 Å². The number of benzene rings is 2. The van der Waals surface area contributed by atoms with E-state index in [-0.39, 0.29) is 0 Å². The number of hydrogen-bond acceptors (Lipinski definition) is 5. The summed E-state index contributed by atoms with van der Waals surface area (Å²) in [5.74, 6) is -1.65. The smallest absolute Gasteiger partial charge is 0.338 e. The Labute approximate surface area is 144 Å². The molecule has 0 spiro atoms. The summed E-state index contributed by atoms with van der Waals surface area (Å²) in [6.07, 6.45) is 0. The first kappa shape index (κ1) is 18.2. The second-order valence-electron chi connectivity index (χ2n) is 5.20. The summed E-state index contributed by atoms with van der Waals surface area (Å²) in [6, 6.07) is 12.8. The minimum Gasteiger partial charge on any atom is -0.452 e. The summed E-state index contributed by atoms with van der Waals surface area (Å²) < 4.78 is 10.00. The Kier molecular flexibility index (Phi) is 6.25. The molecule has 0 saturated carbocycles. The Morgan fingerprint density at radius 1 is 1.04 bits per heavy atom. The van der Waals surface area contributed by atoms with Crippen molar-refractivity contribution in [3.05, 3.63) is 65.2 Å².